The van der Waals surface area contributed by atoms with Crippen molar-refractivity contribution < 1.29 is 19.5 Å². The lowest BCUT2D eigenvalue weighted by atomic mass is 9.99. The zero-order valence-electron chi connectivity index (χ0n) is 11.3. The van der Waals surface area contributed by atoms with Gasteiger partial charge >= 0.3 is 5.97 Å². The maximum absolute atomic E-state index is 12.0. The molecule has 1 aromatic rings. The molecule has 6 heteroatoms. The van der Waals surface area contributed by atoms with Crippen LogP contribution in [0.5, 0.6) is 0 Å². The van der Waals surface area contributed by atoms with E-state index in [0.717, 1.165) is 5.56 Å². The fourth-order valence-corrected chi connectivity index (χ4v) is 2.23. The molecule has 0 saturated carbocycles. The van der Waals surface area contributed by atoms with Crippen LogP contribution in [0, 0.1) is 0 Å². The monoisotopic (exact) mass is 303 g/mol. The van der Waals surface area contributed by atoms with E-state index < -0.39 is 11.9 Å². The average Bonchev–Trinajstić information content (AvgIpc) is 2.45. The summed E-state index contributed by atoms with van der Waals surface area (Å²) in [6, 6.07) is 6.38. The summed E-state index contributed by atoms with van der Waals surface area (Å²) in [5.74, 6) is -1.72. The molecule has 0 atom stereocenters. The predicted octanol–water partition coefficient (Wildman–Crippen LogP) is 1.61. The Morgan fingerprint density at radius 3 is 2.81 bits per heavy atom. The van der Waals surface area contributed by atoms with Gasteiger partial charge in [0.1, 0.15) is 0 Å². The van der Waals surface area contributed by atoms with E-state index in [1.54, 1.807) is 12.1 Å². The Labute approximate surface area is 126 Å². The Bertz CT molecular complexity index is 678. The van der Waals surface area contributed by atoms with Crippen LogP contribution >= 0.6 is 12.2 Å². The molecule has 21 heavy (non-hydrogen) atoms. The summed E-state index contributed by atoms with van der Waals surface area (Å²) in [5, 5.41) is 8.93. The van der Waals surface area contributed by atoms with Gasteiger partial charge in [-0.2, -0.15) is 0 Å². The summed E-state index contributed by atoms with van der Waals surface area (Å²) in [5.41, 5.74) is 0.996. The number of hydrogen-bond donors (Lipinski definition) is 1. The number of Topliss-reactive ketones (excluding diaryl/α,β-unsaturated/α-hetero) is 1. The molecule has 1 amide bonds. The molecule has 0 aromatic heterocycles. The van der Waals surface area contributed by atoms with E-state index in [1.165, 1.54) is 30.2 Å². The van der Waals surface area contributed by atoms with Crippen LogP contribution in [0.4, 0.5) is 0 Å². The summed E-state index contributed by atoms with van der Waals surface area (Å²) in [6.07, 6.45) is 1.90. The fourth-order valence-electron chi connectivity index (χ4n) is 2.02. The summed E-state index contributed by atoms with van der Waals surface area (Å²) >= 11 is 4.95. The van der Waals surface area contributed by atoms with Crippen molar-refractivity contribution in [3.8, 4) is 0 Å². The Morgan fingerprint density at radius 2 is 2.14 bits per heavy atom. The van der Waals surface area contributed by atoms with Crippen molar-refractivity contribution in [1.82, 2.24) is 4.90 Å². The van der Waals surface area contributed by atoms with Crippen molar-refractivity contribution >= 4 is 34.9 Å². The lowest BCUT2D eigenvalue weighted by molar-refractivity contribution is -0.127. The highest BCUT2D eigenvalue weighted by atomic mass is 32.1. The number of benzene rings is 1. The molecule has 0 bridgehead atoms. The molecule has 108 valence electrons. The van der Waals surface area contributed by atoms with E-state index in [-0.39, 0.29) is 23.3 Å². The minimum atomic E-state index is -1.01. The Kier molecular flexibility index (Phi) is 4.28. The van der Waals surface area contributed by atoms with Crippen molar-refractivity contribution in [2.45, 2.75) is 12.8 Å². The van der Waals surface area contributed by atoms with Crippen molar-refractivity contribution in [2.24, 2.45) is 0 Å². The van der Waals surface area contributed by atoms with Crippen molar-refractivity contribution in [3.63, 3.8) is 0 Å². The molecule has 5 nitrogen and oxygen atoms in total. The normalized spacial score (nSPS) is 17.5. The molecular weight excluding hydrogens is 290 g/mol. The average molecular weight is 303 g/mol. The van der Waals surface area contributed by atoms with Crippen LogP contribution in [0.2, 0.25) is 0 Å². The van der Waals surface area contributed by atoms with Crippen LogP contribution in [-0.2, 0) is 16.0 Å². The van der Waals surface area contributed by atoms with E-state index in [0.29, 0.717) is 11.4 Å². The number of likely N-dealkylation sites (N-methyl/N-ethyl adjacent to an activating group) is 1. The molecule has 0 aliphatic carbocycles. The zero-order chi connectivity index (χ0) is 15.6. The molecule has 1 heterocycles. The Morgan fingerprint density at radius 1 is 1.43 bits per heavy atom. The number of ketones is 1. The number of amides is 1. The summed E-state index contributed by atoms with van der Waals surface area (Å²) < 4.78 is 0. The smallest absolute Gasteiger partial charge is 0.335 e. The molecular formula is C15H13NO4S. The highest BCUT2D eigenvalue weighted by Crippen LogP contribution is 2.16. The first-order valence-corrected chi connectivity index (χ1v) is 6.67. The van der Waals surface area contributed by atoms with Crippen LogP contribution in [0.25, 0.3) is 0 Å². The van der Waals surface area contributed by atoms with E-state index in [9.17, 15) is 14.4 Å². The van der Waals surface area contributed by atoms with Crippen LogP contribution < -0.4 is 0 Å². The van der Waals surface area contributed by atoms with E-state index in [4.69, 9.17) is 17.3 Å². The quantitative estimate of drug-likeness (QED) is 0.522. The van der Waals surface area contributed by atoms with Crippen molar-refractivity contribution in [3.05, 3.63) is 47.0 Å². The third-order valence-corrected chi connectivity index (χ3v) is 3.66. The van der Waals surface area contributed by atoms with Gasteiger partial charge in [-0.1, -0.05) is 30.4 Å². The van der Waals surface area contributed by atoms with E-state index in [1.807, 2.05) is 0 Å². The lowest BCUT2D eigenvalue weighted by Crippen LogP contribution is -2.41. The number of rotatable bonds is 3. The second-order valence-electron chi connectivity index (χ2n) is 4.69. The Balaban J connectivity index is 2.22. The second-order valence-corrected chi connectivity index (χ2v) is 5.16. The minimum Gasteiger partial charge on any atom is -0.478 e. The maximum Gasteiger partial charge on any atom is 0.335 e. The number of carboxylic acid groups (broad SMARTS) is 1. The first-order valence-electron chi connectivity index (χ1n) is 6.26. The standard InChI is InChI=1S/C15H13NO4S/c1-16-13(21)8-12(17)11(14(16)18)6-5-9-3-2-4-10(7-9)15(19)20/h2-4,6-7H,5,8H2,1H3,(H,19,20)/b11-6+. The van der Waals surface area contributed by atoms with Gasteiger partial charge in [0, 0.05) is 7.05 Å². The van der Waals surface area contributed by atoms with Crippen LogP contribution in [0.3, 0.4) is 0 Å². The van der Waals surface area contributed by atoms with Crippen molar-refractivity contribution in [1.29, 1.82) is 0 Å². The van der Waals surface area contributed by atoms with Gasteiger partial charge in [-0.15, -0.1) is 0 Å². The first kappa shape index (κ1) is 15.1. The number of piperidine rings is 1. The number of carbonyl (C=O) groups is 3. The molecule has 0 radical (unpaired) electrons. The third kappa shape index (κ3) is 3.22. The number of likely N-dealkylation sites (tertiary alicyclic amines) is 1. The van der Waals surface area contributed by atoms with Crippen LogP contribution in [-0.4, -0.2) is 39.7 Å². The first-order chi connectivity index (χ1) is 9.90. The number of carbonyl (C=O) groups excluding carboxylic acids is 2. The van der Waals surface area contributed by atoms with E-state index in [2.05, 4.69) is 0 Å². The van der Waals surface area contributed by atoms with Gasteiger partial charge in [0.15, 0.2) is 5.78 Å². The maximum atomic E-state index is 12.0. The molecule has 0 spiro atoms. The van der Waals surface area contributed by atoms with Crippen LogP contribution in [0.15, 0.2) is 35.9 Å². The second kappa shape index (κ2) is 5.97. The van der Waals surface area contributed by atoms with Crippen molar-refractivity contribution in [2.75, 3.05) is 7.05 Å². The molecule has 1 saturated heterocycles. The number of allylic oxidation sites excluding steroid dienone is 1. The molecule has 1 aliphatic rings. The molecule has 1 fully saturated rings. The predicted molar refractivity (Wildman–Crippen MR) is 80.2 cm³/mol. The van der Waals surface area contributed by atoms with Gasteiger partial charge in [0.2, 0.25) is 0 Å². The number of aromatic carboxylic acids is 1. The molecule has 1 aromatic carbocycles. The Hall–Kier alpha value is -2.34. The zero-order valence-corrected chi connectivity index (χ0v) is 12.1. The highest BCUT2D eigenvalue weighted by molar-refractivity contribution is 7.80. The largest absolute Gasteiger partial charge is 0.478 e. The van der Waals surface area contributed by atoms with E-state index >= 15 is 0 Å². The van der Waals surface area contributed by atoms with Gasteiger partial charge in [-0.3, -0.25) is 9.59 Å². The summed E-state index contributed by atoms with van der Waals surface area (Å²) in [6.45, 7) is 0. The topological polar surface area (TPSA) is 74.7 Å². The summed E-state index contributed by atoms with van der Waals surface area (Å²) in [7, 11) is 1.54. The van der Waals surface area contributed by atoms with Gasteiger partial charge in [0.05, 0.1) is 22.5 Å². The van der Waals surface area contributed by atoms with Crippen LogP contribution in [0.1, 0.15) is 22.3 Å². The van der Waals surface area contributed by atoms with Gasteiger partial charge in [-0.05, 0) is 24.1 Å². The fraction of sp³-hybridized carbons (Fsp3) is 0.200. The molecule has 2 rings (SSSR count). The van der Waals surface area contributed by atoms with Gasteiger partial charge < -0.3 is 10.0 Å². The third-order valence-electron chi connectivity index (χ3n) is 3.24. The number of nitrogens with zero attached hydrogens (tertiary/aromatic N) is 1. The van der Waals surface area contributed by atoms with Gasteiger partial charge in [0.25, 0.3) is 5.91 Å². The molecule has 1 aliphatic heterocycles. The molecule has 0 unspecified atom stereocenters. The molecule has 1 N–H and O–H groups in total. The van der Waals surface area contributed by atoms with Gasteiger partial charge in [-0.25, -0.2) is 4.79 Å². The lowest BCUT2D eigenvalue weighted by Gasteiger charge is -2.24. The minimum absolute atomic E-state index is 0.0541. The SMILES string of the molecule is CN1C(=O)/C(=C/Cc2cccc(C(=O)O)c2)C(=O)CC1=S. The number of hydrogen-bond acceptors (Lipinski definition) is 4. The number of thiocarbonyl (C=S) groups is 1. The number of carboxylic acids is 1. The highest BCUT2D eigenvalue weighted by Gasteiger charge is 2.30. The summed E-state index contributed by atoms with van der Waals surface area (Å²) in [4.78, 5) is 36.4.